The first kappa shape index (κ1) is 17.0. The highest BCUT2D eigenvalue weighted by molar-refractivity contribution is 6.31. The molecule has 6 heteroatoms. The van der Waals surface area contributed by atoms with Gasteiger partial charge in [0.1, 0.15) is 5.70 Å². The normalized spacial score (nSPS) is 14.0. The molecular formula is C19H18ClN3O2. The minimum Gasteiger partial charge on any atom is -0.321 e. The molecule has 5 nitrogen and oxygen atoms in total. The SMILES string of the molecule is Cc1cccc(N2NC(C(=O)Nc3ccc(C)c(Cl)c3)=CCC2=O)c1. The zero-order chi connectivity index (χ0) is 18.0. The van der Waals surface area contributed by atoms with Gasteiger partial charge in [0.15, 0.2) is 0 Å². The first-order chi connectivity index (χ1) is 11.9. The summed E-state index contributed by atoms with van der Waals surface area (Å²) in [6.45, 7) is 3.84. The fourth-order valence-corrected chi connectivity index (χ4v) is 2.68. The van der Waals surface area contributed by atoms with Crippen molar-refractivity contribution in [3.8, 4) is 0 Å². The molecule has 0 saturated carbocycles. The Kier molecular flexibility index (Phi) is 4.76. The van der Waals surface area contributed by atoms with Crippen molar-refractivity contribution >= 4 is 34.8 Å². The lowest BCUT2D eigenvalue weighted by molar-refractivity contribution is -0.119. The molecule has 0 spiro atoms. The maximum Gasteiger partial charge on any atom is 0.273 e. The van der Waals surface area contributed by atoms with E-state index < -0.39 is 0 Å². The number of carbonyl (C=O) groups excluding carboxylic acids is 2. The molecule has 2 amide bonds. The van der Waals surface area contributed by atoms with Crippen molar-refractivity contribution in [3.05, 3.63) is 70.4 Å². The van der Waals surface area contributed by atoms with E-state index >= 15 is 0 Å². The minimum atomic E-state index is -0.329. The summed E-state index contributed by atoms with van der Waals surface area (Å²) in [5.41, 5.74) is 6.47. The first-order valence-electron chi connectivity index (χ1n) is 7.88. The van der Waals surface area contributed by atoms with E-state index in [4.69, 9.17) is 11.6 Å². The minimum absolute atomic E-state index is 0.125. The van der Waals surface area contributed by atoms with Gasteiger partial charge < -0.3 is 5.32 Å². The Labute approximate surface area is 151 Å². The molecule has 0 aromatic heterocycles. The molecular weight excluding hydrogens is 338 g/mol. The summed E-state index contributed by atoms with van der Waals surface area (Å²) >= 11 is 6.09. The predicted molar refractivity (Wildman–Crippen MR) is 99.3 cm³/mol. The van der Waals surface area contributed by atoms with Crippen LogP contribution in [-0.4, -0.2) is 11.8 Å². The van der Waals surface area contributed by atoms with Crippen molar-refractivity contribution in [2.75, 3.05) is 10.3 Å². The molecule has 0 bridgehead atoms. The van der Waals surface area contributed by atoms with Crippen LogP contribution >= 0.6 is 11.6 Å². The summed E-state index contributed by atoms with van der Waals surface area (Å²) < 4.78 is 0. The summed E-state index contributed by atoms with van der Waals surface area (Å²) in [4.78, 5) is 24.7. The molecule has 0 unspecified atom stereocenters. The van der Waals surface area contributed by atoms with Crippen LogP contribution in [0.5, 0.6) is 0 Å². The number of rotatable bonds is 3. The highest BCUT2D eigenvalue weighted by Crippen LogP contribution is 2.22. The molecule has 1 aliphatic rings. The number of benzene rings is 2. The number of amides is 2. The average molecular weight is 356 g/mol. The monoisotopic (exact) mass is 355 g/mol. The number of aryl methyl sites for hydroxylation is 2. The second-order valence-corrected chi connectivity index (χ2v) is 6.33. The summed E-state index contributed by atoms with van der Waals surface area (Å²) in [7, 11) is 0. The third-order valence-electron chi connectivity index (χ3n) is 3.90. The van der Waals surface area contributed by atoms with E-state index in [0.29, 0.717) is 22.1 Å². The fraction of sp³-hybridized carbons (Fsp3) is 0.158. The van der Waals surface area contributed by atoms with Crippen LogP contribution in [-0.2, 0) is 9.59 Å². The Bertz CT molecular complexity index is 877. The number of nitrogens with zero attached hydrogens (tertiary/aromatic N) is 1. The van der Waals surface area contributed by atoms with Gasteiger partial charge in [0, 0.05) is 17.1 Å². The van der Waals surface area contributed by atoms with Crippen LogP contribution < -0.4 is 15.8 Å². The third kappa shape index (κ3) is 3.83. The molecule has 1 heterocycles. The van der Waals surface area contributed by atoms with Gasteiger partial charge >= 0.3 is 0 Å². The predicted octanol–water partition coefficient (Wildman–Crippen LogP) is 3.72. The van der Waals surface area contributed by atoms with Gasteiger partial charge in [0.05, 0.1) is 5.69 Å². The average Bonchev–Trinajstić information content (AvgIpc) is 2.58. The summed E-state index contributed by atoms with van der Waals surface area (Å²) in [6.07, 6.45) is 1.73. The van der Waals surface area contributed by atoms with Crippen LogP contribution in [0.1, 0.15) is 17.5 Å². The molecule has 3 rings (SSSR count). The number of hydrogen-bond donors (Lipinski definition) is 2. The Morgan fingerprint density at radius 1 is 1.20 bits per heavy atom. The van der Waals surface area contributed by atoms with Crippen LogP contribution in [0.4, 0.5) is 11.4 Å². The van der Waals surface area contributed by atoms with E-state index in [1.165, 1.54) is 5.01 Å². The van der Waals surface area contributed by atoms with E-state index in [-0.39, 0.29) is 18.2 Å². The zero-order valence-corrected chi connectivity index (χ0v) is 14.7. The number of anilines is 2. The quantitative estimate of drug-likeness (QED) is 0.882. The lowest BCUT2D eigenvalue weighted by atomic mass is 10.2. The fourth-order valence-electron chi connectivity index (χ4n) is 2.50. The number of hydrazine groups is 1. The van der Waals surface area contributed by atoms with Gasteiger partial charge in [0.2, 0.25) is 5.91 Å². The maximum atomic E-state index is 12.5. The third-order valence-corrected chi connectivity index (χ3v) is 4.30. The summed E-state index contributed by atoms with van der Waals surface area (Å²) in [6, 6.07) is 12.8. The number of nitrogens with one attached hydrogen (secondary N) is 2. The van der Waals surface area contributed by atoms with Gasteiger partial charge in [-0.05, 0) is 55.3 Å². The Balaban J connectivity index is 1.77. The molecule has 2 aromatic rings. The second-order valence-electron chi connectivity index (χ2n) is 5.92. The van der Waals surface area contributed by atoms with Crippen LogP contribution in [0.3, 0.4) is 0 Å². The van der Waals surface area contributed by atoms with Gasteiger partial charge in [-0.25, -0.2) is 5.01 Å². The van der Waals surface area contributed by atoms with E-state index in [1.54, 1.807) is 18.2 Å². The van der Waals surface area contributed by atoms with Gasteiger partial charge in [0.25, 0.3) is 5.91 Å². The summed E-state index contributed by atoms with van der Waals surface area (Å²) in [5.74, 6) is -0.453. The molecule has 128 valence electrons. The molecule has 0 fully saturated rings. The molecule has 2 aromatic carbocycles. The van der Waals surface area contributed by atoms with Crippen LogP contribution in [0.25, 0.3) is 0 Å². The van der Waals surface area contributed by atoms with Crippen LogP contribution in [0, 0.1) is 13.8 Å². The highest BCUT2D eigenvalue weighted by atomic mass is 35.5. The molecule has 0 radical (unpaired) electrons. The molecule has 0 aliphatic carbocycles. The molecule has 2 N–H and O–H groups in total. The van der Waals surface area contributed by atoms with E-state index in [2.05, 4.69) is 10.7 Å². The van der Waals surface area contributed by atoms with Gasteiger partial charge in [-0.2, -0.15) is 0 Å². The number of carbonyl (C=O) groups is 2. The number of halogens is 1. The van der Waals surface area contributed by atoms with Crippen LogP contribution in [0.15, 0.2) is 54.2 Å². The Hall–Kier alpha value is -2.79. The van der Waals surface area contributed by atoms with Gasteiger partial charge in [-0.15, -0.1) is 0 Å². The van der Waals surface area contributed by atoms with Crippen molar-refractivity contribution in [3.63, 3.8) is 0 Å². The van der Waals surface area contributed by atoms with Gasteiger partial charge in [-0.1, -0.05) is 29.8 Å². The maximum absolute atomic E-state index is 12.5. The summed E-state index contributed by atoms with van der Waals surface area (Å²) in [5, 5.41) is 4.76. The first-order valence-corrected chi connectivity index (χ1v) is 8.26. The van der Waals surface area contributed by atoms with Crippen molar-refractivity contribution in [2.45, 2.75) is 20.3 Å². The largest absolute Gasteiger partial charge is 0.321 e. The van der Waals surface area contributed by atoms with E-state index in [0.717, 1.165) is 11.1 Å². The van der Waals surface area contributed by atoms with Crippen molar-refractivity contribution < 1.29 is 9.59 Å². The Morgan fingerprint density at radius 3 is 2.72 bits per heavy atom. The second kappa shape index (κ2) is 6.99. The Morgan fingerprint density at radius 2 is 2.00 bits per heavy atom. The smallest absolute Gasteiger partial charge is 0.273 e. The van der Waals surface area contributed by atoms with Crippen molar-refractivity contribution in [1.82, 2.24) is 5.43 Å². The van der Waals surface area contributed by atoms with E-state index in [1.807, 2.05) is 44.2 Å². The van der Waals surface area contributed by atoms with Crippen molar-refractivity contribution in [2.24, 2.45) is 0 Å². The van der Waals surface area contributed by atoms with Crippen molar-refractivity contribution in [1.29, 1.82) is 0 Å². The van der Waals surface area contributed by atoms with E-state index in [9.17, 15) is 9.59 Å². The lowest BCUT2D eigenvalue weighted by Crippen LogP contribution is -2.47. The number of hydrogen-bond acceptors (Lipinski definition) is 3. The highest BCUT2D eigenvalue weighted by Gasteiger charge is 2.24. The molecule has 1 aliphatic heterocycles. The van der Waals surface area contributed by atoms with Gasteiger partial charge in [-0.3, -0.25) is 15.0 Å². The lowest BCUT2D eigenvalue weighted by Gasteiger charge is -2.28. The molecule has 0 saturated heterocycles. The van der Waals surface area contributed by atoms with Crippen LogP contribution in [0.2, 0.25) is 5.02 Å². The topological polar surface area (TPSA) is 61.4 Å². The zero-order valence-electron chi connectivity index (χ0n) is 14.0. The molecule has 25 heavy (non-hydrogen) atoms. The molecule has 0 atom stereocenters. The standard InChI is InChI=1S/C19H18ClN3O2/c1-12-4-3-5-15(10-12)23-18(24)9-8-17(22-23)19(25)21-14-7-6-13(2)16(20)11-14/h3-8,10-11,22H,9H2,1-2H3,(H,21,25).